The number of hydrogen-bond donors (Lipinski definition) is 1. The van der Waals surface area contributed by atoms with Gasteiger partial charge in [-0.1, -0.05) is 31.0 Å². The molecule has 1 fully saturated rings. The number of amides is 1. The Bertz CT molecular complexity index is 895. The monoisotopic (exact) mass is 397 g/mol. The molecule has 1 aliphatic carbocycles. The maximum absolute atomic E-state index is 13.2. The fourth-order valence-electron chi connectivity index (χ4n) is 4.19. The van der Waals surface area contributed by atoms with Crippen LogP contribution in [0.3, 0.4) is 0 Å². The summed E-state index contributed by atoms with van der Waals surface area (Å²) in [6.07, 6.45) is 3.90. The second-order valence-electron chi connectivity index (χ2n) is 7.12. The maximum atomic E-state index is 13.2. The number of benzene rings is 1. The number of ketones is 1. The van der Waals surface area contributed by atoms with Gasteiger partial charge in [0.15, 0.2) is 5.76 Å². The van der Waals surface area contributed by atoms with Gasteiger partial charge in [0.05, 0.1) is 23.1 Å². The molecule has 5 nitrogen and oxygen atoms in total. The van der Waals surface area contributed by atoms with E-state index in [1.807, 2.05) is 36.6 Å². The summed E-state index contributed by atoms with van der Waals surface area (Å²) >= 11 is 1.32. The highest BCUT2D eigenvalue weighted by atomic mass is 32.1. The number of rotatable bonds is 6. The Morgan fingerprint density at radius 3 is 2.54 bits per heavy atom. The third kappa shape index (κ3) is 3.22. The van der Waals surface area contributed by atoms with Crippen molar-refractivity contribution in [3.05, 3.63) is 63.6 Å². The van der Waals surface area contributed by atoms with Crippen molar-refractivity contribution in [2.24, 2.45) is 0 Å². The van der Waals surface area contributed by atoms with Gasteiger partial charge in [0, 0.05) is 6.04 Å². The molecule has 0 bridgehead atoms. The standard InChI is InChI=1S/C22H23NO4S/c1-2-27-16-11-9-14(10-12-16)19-18(20(24)17-8-5-13-28-17)21(25)22(26)23(19)15-6-3-4-7-15/h5,8-13,15,19,25H,2-4,6-7H2,1H3. The fourth-order valence-corrected chi connectivity index (χ4v) is 4.87. The quantitative estimate of drug-likeness (QED) is 0.720. The van der Waals surface area contributed by atoms with Crippen molar-refractivity contribution < 1.29 is 19.4 Å². The first kappa shape index (κ1) is 18.7. The molecule has 1 amide bonds. The lowest BCUT2D eigenvalue weighted by Gasteiger charge is -2.32. The van der Waals surface area contributed by atoms with Crippen LogP contribution in [-0.2, 0) is 4.79 Å². The molecule has 1 aromatic heterocycles. The van der Waals surface area contributed by atoms with E-state index in [0.717, 1.165) is 37.0 Å². The van der Waals surface area contributed by atoms with Gasteiger partial charge in [0.2, 0.25) is 5.78 Å². The van der Waals surface area contributed by atoms with Crippen LogP contribution in [0.5, 0.6) is 5.75 Å². The molecule has 0 radical (unpaired) electrons. The van der Waals surface area contributed by atoms with Gasteiger partial charge < -0.3 is 14.7 Å². The zero-order valence-corrected chi connectivity index (χ0v) is 16.6. The van der Waals surface area contributed by atoms with E-state index in [4.69, 9.17) is 4.74 Å². The lowest BCUT2D eigenvalue weighted by Crippen LogP contribution is -2.38. The number of carbonyl (C=O) groups is 2. The molecular formula is C22H23NO4S. The number of aliphatic hydroxyl groups is 1. The molecule has 28 heavy (non-hydrogen) atoms. The summed E-state index contributed by atoms with van der Waals surface area (Å²) in [7, 11) is 0. The number of hydrogen-bond acceptors (Lipinski definition) is 5. The minimum atomic E-state index is -0.569. The highest BCUT2D eigenvalue weighted by molar-refractivity contribution is 7.12. The number of Topliss-reactive ketones (excluding diaryl/α,β-unsaturated/α-hetero) is 1. The van der Waals surface area contributed by atoms with Crippen LogP contribution in [0.15, 0.2) is 53.1 Å². The summed E-state index contributed by atoms with van der Waals surface area (Å²) < 4.78 is 5.52. The Labute approximate surface area is 168 Å². The van der Waals surface area contributed by atoms with Gasteiger partial charge in [0.1, 0.15) is 5.75 Å². The third-order valence-corrected chi connectivity index (χ3v) is 6.33. The lowest BCUT2D eigenvalue weighted by molar-refractivity contribution is -0.131. The number of carbonyl (C=O) groups excluding carboxylic acids is 2. The van der Waals surface area contributed by atoms with Crippen LogP contribution in [0, 0.1) is 0 Å². The molecule has 0 spiro atoms. The van der Waals surface area contributed by atoms with Crippen LogP contribution < -0.4 is 4.74 Å². The fraction of sp³-hybridized carbons (Fsp3) is 0.364. The average molecular weight is 397 g/mol. The van der Waals surface area contributed by atoms with Crippen molar-refractivity contribution in [2.45, 2.75) is 44.7 Å². The van der Waals surface area contributed by atoms with Gasteiger partial charge >= 0.3 is 0 Å². The first-order chi connectivity index (χ1) is 13.6. The van der Waals surface area contributed by atoms with E-state index in [2.05, 4.69) is 0 Å². The molecule has 1 N–H and O–H groups in total. The predicted molar refractivity (Wildman–Crippen MR) is 108 cm³/mol. The first-order valence-electron chi connectivity index (χ1n) is 9.68. The van der Waals surface area contributed by atoms with Gasteiger partial charge in [-0.3, -0.25) is 9.59 Å². The molecule has 0 saturated heterocycles. The van der Waals surface area contributed by atoms with Gasteiger partial charge in [-0.2, -0.15) is 0 Å². The van der Waals surface area contributed by atoms with E-state index < -0.39 is 17.7 Å². The van der Waals surface area contributed by atoms with Gasteiger partial charge in [-0.05, 0) is 48.9 Å². The summed E-state index contributed by atoms with van der Waals surface area (Å²) in [5.41, 5.74) is 0.996. The van der Waals surface area contributed by atoms with Crippen molar-refractivity contribution >= 4 is 23.0 Å². The van der Waals surface area contributed by atoms with Crippen molar-refractivity contribution in [3.8, 4) is 5.75 Å². The second kappa shape index (κ2) is 7.80. The van der Waals surface area contributed by atoms with Crippen LogP contribution in [0.2, 0.25) is 0 Å². The van der Waals surface area contributed by atoms with E-state index in [1.54, 1.807) is 17.0 Å². The topological polar surface area (TPSA) is 66.8 Å². The van der Waals surface area contributed by atoms with E-state index in [0.29, 0.717) is 11.5 Å². The summed E-state index contributed by atoms with van der Waals surface area (Å²) in [6.45, 7) is 2.49. The van der Waals surface area contributed by atoms with Crippen LogP contribution in [0.4, 0.5) is 0 Å². The molecule has 2 aromatic rings. The Hall–Kier alpha value is -2.60. The number of aliphatic hydroxyl groups excluding tert-OH is 1. The van der Waals surface area contributed by atoms with E-state index >= 15 is 0 Å². The maximum Gasteiger partial charge on any atom is 0.290 e. The summed E-state index contributed by atoms with van der Waals surface area (Å²) in [5.74, 6) is -0.391. The lowest BCUT2D eigenvalue weighted by atomic mass is 9.94. The van der Waals surface area contributed by atoms with Crippen LogP contribution >= 0.6 is 11.3 Å². The normalized spacial score (nSPS) is 20.2. The largest absolute Gasteiger partial charge is 0.503 e. The molecule has 4 rings (SSSR count). The van der Waals surface area contributed by atoms with Crippen molar-refractivity contribution in [1.29, 1.82) is 0 Å². The SMILES string of the molecule is CCOc1ccc(C2C(C(=O)c3cccs3)=C(O)C(=O)N2C2CCCC2)cc1. The van der Waals surface area contributed by atoms with E-state index in [-0.39, 0.29) is 17.4 Å². The molecular weight excluding hydrogens is 374 g/mol. The first-order valence-corrected chi connectivity index (χ1v) is 10.6. The second-order valence-corrected chi connectivity index (χ2v) is 8.07. The molecule has 1 atom stereocenters. The highest BCUT2D eigenvalue weighted by Gasteiger charge is 2.47. The smallest absolute Gasteiger partial charge is 0.290 e. The highest BCUT2D eigenvalue weighted by Crippen LogP contribution is 2.43. The molecule has 1 aromatic carbocycles. The molecule has 1 unspecified atom stereocenters. The zero-order valence-electron chi connectivity index (χ0n) is 15.8. The number of nitrogens with zero attached hydrogens (tertiary/aromatic N) is 1. The molecule has 146 valence electrons. The molecule has 6 heteroatoms. The molecule has 1 saturated carbocycles. The Morgan fingerprint density at radius 1 is 1.21 bits per heavy atom. The number of thiophene rings is 1. The Balaban J connectivity index is 1.77. The average Bonchev–Trinajstić information content (AvgIpc) is 3.45. The van der Waals surface area contributed by atoms with Crippen LogP contribution in [-0.4, -0.2) is 34.3 Å². The summed E-state index contributed by atoms with van der Waals surface area (Å²) in [5, 5.41) is 12.5. The molecule has 1 aliphatic heterocycles. The third-order valence-electron chi connectivity index (χ3n) is 5.46. The Kier molecular flexibility index (Phi) is 5.22. The minimum absolute atomic E-state index is 0.0415. The van der Waals surface area contributed by atoms with E-state index in [9.17, 15) is 14.7 Å². The summed E-state index contributed by atoms with van der Waals surface area (Å²) in [6, 6.07) is 10.5. The van der Waals surface area contributed by atoms with Gasteiger partial charge in [-0.15, -0.1) is 11.3 Å². The molecule has 2 aliphatic rings. The predicted octanol–water partition coefficient (Wildman–Crippen LogP) is 4.67. The Morgan fingerprint density at radius 2 is 1.93 bits per heavy atom. The number of ether oxygens (including phenoxy) is 1. The van der Waals surface area contributed by atoms with Crippen molar-refractivity contribution in [3.63, 3.8) is 0 Å². The molecule has 2 heterocycles. The van der Waals surface area contributed by atoms with Crippen LogP contribution in [0.1, 0.15) is 53.9 Å². The zero-order chi connectivity index (χ0) is 19.7. The van der Waals surface area contributed by atoms with Crippen molar-refractivity contribution in [1.82, 2.24) is 4.90 Å². The van der Waals surface area contributed by atoms with Gasteiger partial charge in [0.25, 0.3) is 5.91 Å². The van der Waals surface area contributed by atoms with Gasteiger partial charge in [-0.25, -0.2) is 0 Å². The summed E-state index contributed by atoms with van der Waals surface area (Å²) in [4.78, 5) is 28.4. The van der Waals surface area contributed by atoms with Crippen LogP contribution in [0.25, 0.3) is 0 Å². The van der Waals surface area contributed by atoms with Crippen molar-refractivity contribution in [2.75, 3.05) is 6.61 Å². The van der Waals surface area contributed by atoms with E-state index in [1.165, 1.54) is 11.3 Å². The minimum Gasteiger partial charge on any atom is -0.503 e.